The number of nitrogens with zero attached hydrogens (tertiary/aromatic N) is 2. The average Bonchev–Trinajstić information content (AvgIpc) is 2.42. The number of aliphatic hydroxyl groups is 1. The van der Waals surface area contributed by atoms with Crippen LogP contribution in [0.25, 0.3) is 0 Å². The van der Waals surface area contributed by atoms with Crippen LogP contribution in [0.5, 0.6) is 0 Å². The van der Waals surface area contributed by atoms with Gasteiger partial charge in [0.15, 0.2) is 0 Å². The minimum atomic E-state index is -0.440. The molecule has 1 heterocycles. The second kappa shape index (κ2) is 7.14. The third-order valence-corrected chi connectivity index (χ3v) is 3.27. The zero-order valence-electron chi connectivity index (χ0n) is 12.3. The highest BCUT2D eigenvalue weighted by molar-refractivity contribution is 5.61. The smallest absolute Gasteiger partial charge is 0.332 e. The zero-order chi connectivity index (χ0) is 15.3. The van der Waals surface area contributed by atoms with E-state index < -0.39 is 11.2 Å². The number of nitrogens with two attached hydrogens (primary N) is 1. The maximum absolute atomic E-state index is 12.1. The van der Waals surface area contributed by atoms with Crippen molar-refractivity contribution in [2.24, 2.45) is 7.05 Å². The zero-order valence-corrected chi connectivity index (χ0v) is 12.3. The highest BCUT2D eigenvalue weighted by Crippen LogP contribution is 2.13. The lowest BCUT2D eigenvalue weighted by Crippen LogP contribution is -2.41. The molecule has 0 aliphatic carbocycles. The topological polar surface area (TPSA) is 102 Å². The molecule has 0 amide bonds. The summed E-state index contributed by atoms with van der Waals surface area (Å²) < 4.78 is 2.47. The van der Waals surface area contributed by atoms with Crippen molar-refractivity contribution in [2.75, 3.05) is 17.7 Å². The van der Waals surface area contributed by atoms with Crippen LogP contribution in [0.2, 0.25) is 0 Å². The number of hydrogen-bond donors (Lipinski definition) is 3. The average molecular weight is 284 g/mol. The first-order chi connectivity index (χ1) is 9.43. The standard InChI is InChI=1S/C13H24N4O3/c1-4-5-7-17-11(14)10(15-9(2)6-8-18)12(19)16(3)13(17)20/h9,15,18H,4-8,14H2,1-3H3. The SMILES string of the molecule is CCCCn1c(N)c(NC(C)CCO)c(=O)n(C)c1=O. The van der Waals surface area contributed by atoms with Gasteiger partial charge in [-0.15, -0.1) is 0 Å². The molecule has 0 radical (unpaired) electrons. The molecule has 114 valence electrons. The van der Waals surface area contributed by atoms with E-state index in [2.05, 4.69) is 5.32 Å². The summed E-state index contributed by atoms with van der Waals surface area (Å²) in [5.41, 5.74) is 5.35. The first kappa shape index (κ1) is 16.3. The summed E-state index contributed by atoms with van der Waals surface area (Å²) in [6, 6.07) is -0.105. The van der Waals surface area contributed by atoms with Crippen LogP contribution in [0.1, 0.15) is 33.1 Å². The van der Waals surface area contributed by atoms with Gasteiger partial charge in [0.2, 0.25) is 0 Å². The van der Waals surface area contributed by atoms with E-state index in [0.717, 1.165) is 17.4 Å². The third kappa shape index (κ3) is 3.41. The summed E-state index contributed by atoms with van der Waals surface area (Å²) >= 11 is 0. The number of nitrogens with one attached hydrogen (secondary N) is 1. The highest BCUT2D eigenvalue weighted by Gasteiger charge is 2.16. The molecule has 4 N–H and O–H groups in total. The molecule has 1 aromatic rings. The lowest BCUT2D eigenvalue weighted by atomic mass is 10.2. The number of aromatic nitrogens is 2. The summed E-state index contributed by atoms with van der Waals surface area (Å²) in [5, 5.41) is 11.9. The molecule has 20 heavy (non-hydrogen) atoms. The van der Waals surface area contributed by atoms with Crippen LogP contribution in [0.3, 0.4) is 0 Å². The summed E-state index contributed by atoms with van der Waals surface area (Å²) in [4.78, 5) is 24.2. The van der Waals surface area contributed by atoms with E-state index in [1.165, 1.54) is 11.6 Å². The van der Waals surface area contributed by atoms with Gasteiger partial charge in [0.05, 0.1) is 0 Å². The minimum Gasteiger partial charge on any atom is -0.396 e. The molecule has 0 spiro atoms. The summed E-state index contributed by atoms with van der Waals surface area (Å²) in [5.74, 6) is 0.163. The highest BCUT2D eigenvalue weighted by atomic mass is 16.3. The van der Waals surface area contributed by atoms with Gasteiger partial charge in [-0.05, 0) is 19.8 Å². The molecule has 1 aromatic heterocycles. The summed E-state index contributed by atoms with van der Waals surface area (Å²) in [6.45, 7) is 4.37. The first-order valence-corrected chi connectivity index (χ1v) is 6.90. The van der Waals surface area contributed by atoms with Gasteiger partial charge in [-0.1, -0.05) is 13.3 Å². The third-order valence-electron chi connectivity index (χ3n) is 3.27. The Morgan fingerprint density at radius 1 is 1.40 bits per heavy atom. The van der Waals surface area contributed by atoms with Crippen LogP contribution < -0.4 is 22.3 Å². The maximum Gasteiger partial charge on any atom is 0.332 e. The van der Waals surface area contributed by atoms with Gasteiger partial charge in [0.1, 0.15) is 11.5 Å². The van der Waals surface area contributed by atoms with Crippen LogP contribution in [0, 0.1) is 0 Å². The van der Waals surface area contributed by atoms with Crippen LogP contribution in [-0.2, 0) is 13.6 Å². The molecular formula is C13H24N4O3. The lowest BCUT2D eigenvalue weighted by Gasteiger charge is -2.19. The van der Waals surface area contributed by atoms with E-state index in [4.69, 9.17) is 10.8 Å². The van der Waals surface area contributed by atoms with E-state index in [1.807, 2.05) is 13.8 Å². The second-order valence-corrected chi connectivity index (χ2v) is 4.97. The lowest BCUT2D eigenvalue weighted by molar-refractivity contribution is 0.282. The Morgan fingerprint density at radius 3 is 2.60 bits per heavy atom. The van der Waals surface area contributed by atoms with Crippen molar-refractivity contribution in [3.8, 4) is 0 Å². The van der Waals surface area contributed by atoms with Crippen LogP contribution in [0.4, 0.5) is 11.5 Å². The first-order valence-electron chi connectivity index (χ1n) is 6.90. The van der Waals surface area contributed by atoms with Crippen LogP contribution in [0.15, 0.2) is 9.59 Å². The van der Waals surface area contributed by atoms with Gasteiger partial charge < -0.3 is 16.2 Å². The molecule has 0 bridgehead atoms. The Morgan fingerprint density at radius 2 is 2.05 bits per heavy atom. The Kier molecular flexibility index (Phi) is 5.82. The Bertz CT molecular complexity index is 562. The molecule has 1 unspecified atom stereocenters. The largest absolute Gasteiger partial charge is 0.396 e. The monoisotopic (exact) mass is 284 g/mol. The van der Waals surface area contributed by atoms with Gasteiger partial charge in [-0.3, -0.25) is 13.9 Å². The predicted molar refractivity (Wildman–Crippen MR) is 80.1 cm³/mol. The molecule has 7 nitrogen and oxygen atoms in total. The molecule has 0 aliphatic heterocycles. The summed E-state index contributed by atoms with van der Waals surface area (Å²) in [7, 11) is 1.44. The van der Waals surface area contributed by atoms with Crippen molar-refractivity contribution in [3.05, 3.63) is 20.8 Å². The predicted octanol–water partition coefficient (Wildman–Crippen LogP) is 0.112. The molecule has 1 rings (SSSR count). The number of aliphatic hydroxyl groups excluding tert-OH is 1. The fourth-order valence-electron chi connectivity index (χ4n) is 1.96. The second-order valence-electron chi connectivity index (χ2n) is 4.97. The minimum absolute atomic E-state index is 0.0177. The normalized spacial score (nSPS) is 12.4. The number of rotatable bonds is 7. The van der Waals surface area contributed by atoms with Gasteiger partial charge in [-0.2, -0.15) is 0 Å². The molecular weight excluding hydrogens is 260 g/mol. The number of anilines is 2. The van der Waals surface area contributed by atoms with Gasteiger partial charge in [0, 0.05) is 26.2 Å². The van der Waals surface area contributed by atoms with Crippen molar-refractivity contribution < 1.29 is 5.11 Å². The van der Waals surface area contributed by atoms with Crippen molar-refractivity contribution >= 4 is 11.5 Å². The quantitative estimate of drug-likeness (QED) is 0.659. The fraction of sp³-hybridized carbons (Fsp3) is 0.692. The molecule has 0 saturated carbocycles. The van der Waals surface area contributed by atoms with E-state index >= 15 is 0 Å². The van der Waals surface area contributed by atoms with Gasteiger partial charge in [0.25, 0.3) is 5.56 Å². The van der Waals surface area contributed by atoms with E-state index in [-0.39, 0.29) is 24.2 Å². The molecule has 1 atom stereocenters. The Balaban J connectivity index is 3.26. The number of hydrogen-bond acceptors (Lipinski definition) is 5. The van der Waals surface area contributed by atoms with Crippen LogP contribution >= 0.6 is 0 Å². The molecule has 0 aromatic carbocycles. The van der Waals surface area contributed by atoms with Gasteiger partial charge in [-0.25, -0.2) is 4.79 Å². The Hall–Kier alpha value is -1.76. The maximum atomic E-state index is 12.1. The van der Waals surface area contributed by atoms with Crippen molar-refractivity contribution in [1.29, 1.82) is 0 Å². The molecule has 0 saturated heterocycles. The number of unbranched alkanes of at least 4 members (excludes halogenated alkanes) is 1. The summed E-state index contributed by atoms with van der Waals surface area (Å²) in [6.07, 6.45) is 2.24. The fourth-order valence-corrected chi connectivity index (χ4v) is 1.96. The van der Waals surface area contributed by atoms with Crippen molar-refractivity contribution in [1.82, 2.24) is 9.13 Å². The van der Waals surface area contributed by atoms with Crippen molar-refractivity contribution in [2.45, 2.75) is 45.7 Å². The molecule has 0 fully saturated rings. The molecule has 0 aliphatic rings. The van der Waals surface area contributed by atoms with Crippen LogP contribution in [-0.4, -0.2) is 26.9 Å². The van der Waals surface area contributed by atoms with E-state index in [0.29, 0.717) is 13.0 Å². The Labute approximate surface area is 118 Å². The van der Waals surface area contributed by atoms with Gasteiger partial charge >= 0.3 is 5.69 Å². The number of nitrogen functional groups attached to an aromatic ring is 1. The molecule has 7 heteroatoms. The van der Waals surface area contributed by atoms with Crippen molar-refractivity contribution in [3.63, 3.8) is 0 Å². The van der Waals surface area contributed by atoms with E-state index in [1.54, 1.807) is 0 Å². The van der Waals surface area contributed by atoms with E-state index in [9.17, 15) is 9.59 Å².